The van der Waals surface area contributed by atoms with Crippen LogP contribution in [0.5, 0.6) is 0 Å². The lowest BCUT2D eigenvalue weighted by molar-refractivity contribution is -0.0328. The van der Waals surface area contributed by atoms with Gasteiger partial charge in [-0.3, -0.25) is 4.90 Å². The van der Waals surface area contributed by atoms with Crippen LogP contribution in [0.4, 0.5) is 0 Å². The number of aromatic nitrogens is 2. The third kappa shape index (κ3) is 3.47. The van der Waals surface area contributed by atoms with Crippen LogP contribution in [0.1, 0.15) is 45.3 Å². The van der Waals surface area contributed by atoms with E-state index in [0.717, 1.165) is 42.2 Å². The van der Waals surface area contributed by atoms with E-state index in [1.165, 1.54) is 0 Å². The van der Waals surface area contributed by atoms with Gasteiger partial charge in [0, 0.05) is 24.2 Å². The molecule has 1 N–H and O–H groups in total. The molecule has 0 spiro atoms. The van der Waals surface area contributed by atoms with Gasteiger partial charge in [0.15, 0.2) is 0 Å². The summed E-state index contributed by atoms with van der Waals surface area (Å²) in [6.45, 7) is 12.2. The number of likely N-dealkylation sites (N-methyl/N-ethyl adjacent to an activating group) is 1. The smallest absolute Gasteiger partial charge is 0.144 e. The summed E-state index contributed by atoms with van der Waals surface area (Å²) in [5.74, 6) is 0.835. The fraction of sp³-hybridized carbons (Fsp3) is 0.714. The van der Waals surface area contributed by atoms with Crippen LogP contribution in [-0.4, -0.2) is 41.1 Å². The Kier molecular flexibility index (Phi) is 5.00. The molecule has 4 nitrogen and oxygen atoms in total. The van der Waals surface area contributed by atoms with Gasteiger partial charge in [0.1, 0.15) is 16.6 Å². The Labute approximate surface area is 134 Å². The minimum Gasteiger partial charge on any atom is -0.368 e. The quantitative estimate of drug-likeness (QED) is 0.819. The Balaban J connectivity index is 2.38. The zero-order valence-electron chi connectivity index (χ0n) is 12.5. The highest BCUT2D eigenvalue weighted by molar-refractivity contribution is 9.10. The Morgan fingerprint density at radius 1 is 1.50 bits per heavy atom. The summed E-state index contributed by atoms with van der Waals surface area (Å²) in [6.07, 6.45) is -0.0281. The number of nitrogens with one attached hydrogen (secondary N) is 1. The first kappa shape index (κ1) is 16.1. The van der Waals surface area contributed by atoms with Crippen molar-refractivity contribution < 1.29 is 4.74 Å². The Morgan fingerprint density at radius 2 is 2.20 bits per heavy atom. The number of halogens is 1. The highest BCUT2D eigenvalue weighted by Gasteiger charge is 2.26. The number of H-pyrrole nitrogens is 1. The van der Waals surface area contributed by atoms with Crippen LogP contribution in [0, 0.1) is 4.64 Å². The molecule has 112 valence electrons. The molecule has 1 atom stereocenters. The van der Waals surface area contributed by atoms with Crippen LogP contribution in [0.2, 0.25) is 0 Å². The maximum atomic E-state index is 5.86. The van der Waals surface area contributed by atoms with Crippen molar-refractivity contribution in [1.82, 2.24) is 14.9 Å². The first-order valence-corrected chi connectivity index (χ1v) is 8.17. The molecule has 20 heavy (non-hydrogen) atoms. The molecule has 1 aromatic rings. The predicted octanol–water partition coefficient (Wildman–Crippen LogP) is 3.59. The average Bonchev–Trinajstić information content (AvgIpc) is 2.40. The molecule has 1 aliphatic heterocycles. The summed E-state index contributed by atoms with van der Waals surface area (Å²) >= 11 is 8.93. The van der Waals surface area contributed by atoms with E-state index in [-0.39, 0.29) is 11.5 Å². The first-order chi connectivity index (χ1) is 9.32. The molecule has 6 heteroatoms. The fourth-order valence-corrected chi connectivity index (χ4v) is 3.28. The molecule has 2 heterocycles. The van der Waals surface area contributed by atoms with E-state index in [1.807, 2.05) is 0 Å². The third-order valence-corrected chi connectivity index (χ3v) is 4.87. The number of ether oxygens (including phenoxy) is 1. The van der Waals surface area contributed by atoms with Gasteiger partial charge >= 0.3 is 0 Å². The van der Waals surface area contributed by atoms with Crippen molar-refractivity contribution in [2.24, 2.45) is 0 Å². The van der Waals surface area contributed by atoms with Crippen molar-refractivity contribution in [3.63, 3.8) is 0 Å². The molecule has 0 aliphatic carbocycles. The van der Waals surface area contributed by atoms with Crippen LogP contribution < -0.4 is 0 Å². The van der Waals surface area contributed by atoms with Crippen LogP contribution in [0.15, 0.2) is 4.47 Å². The van der Waals surface area contributed by atoms with Crippen molar-refractivity contribution in [1.29, 1.82) is 0 Å². The van der Waals surface area contributed by atoms with Crippen LogP contribution in [-0.2, 0) is 10.2 Å². The number of rotatable bonds is 2. The Hall–Kier alpha value is -0.300. The van der Waals surface area contributed by atoms with Gasteiger partial charge in [-0.1, -0.05) is 39.9 Å². The summed E-state index contributed by atoms with van der Waals surface area (Å²) in [7, 11) is 0. The van der Waals surface area contributed by atoms with E-state index in [4.69, 9.17) is 17.0 Å². The summed E-state index contributed by atoms with van der Waals surface area (Å²) in [6, 6.07) is 0. The molecule has 1 fully saturated rings. The molecular formula is C14H22BrN3OS. The van der Waals surface area contributed by atoms with Crippen molar-refractivity contribution in [3.05, 3.63) is 20.6 Å². The summed E-state index contributed by atoms with van der Waals surface area (Å²) < 4.78 is 7.34. The fourth-order valence-electron chi connectivity index (χ4n) is 2.30. The van der Waals surface area contributed by atoms with Gasteiger partial charge in [-0.25, -0.2) is 4.98 Å². The van der Waals surface area contributed by atoms with Crippen molar-refractivity contribution >= 4 is 28.1 Å². The first-order valence-electron chi connectivity index (χ1n) is 6.97. The number of aromatic amines is 1. The second-order valence-corrected chi connectivity index (χ2v) is 7.30. The largest absolute Gasteiger partial charge is 0.368 e. The summed E-state index contributed by atoms with van der Waals surface area (Å²) in [5, 5.41) is 0. The maximum Gasteiger partial charge on any atom is 0.144 e. The highest BCUT2D eigenvalue weighted by atomic mass is 79.9. The SMILES string of the molecule is CCN1CCOC(c2nc(=S)c(Br)c(C(C)(C)C)[nH]2)C1. The topological polar surface area (TPSA) is 41.1 Å². The molecule has 1 saturated heterocycles. The highest BCUT2D eigenvalue weighted by Crippen LogP contribution is 2.30. The predicted molar refractivity (Wildman–Crippen MR) is 86.6 cm³/mol. The van der Waals surface area contributed by atoms with Crippen LogP contribution in [0.3, 0.4) is 0 Å². The molecule has 0 radical (unpaired) electrons. The lowest BCUT2D eigenvalue weighted by Gasteiger charge is -2.32. The Bertz CT molecular complexity index is 538. The second-order valence-electron chi connectivity index (χ2n) is 6.12. The van der Waals surface area contributed by atoms with Gasteiger partial charge in [-0.05, 0) is 22.5 Å². The van der Waals surface area contributed by atoms with E-state index < -0.39 is 0 Å². The molecule has 0 saturated carbocycles. The monoisotopic (exact) mass is 359 g/mol. The van der Waals surface area contributed by atoms with Crippen molar-refractivity contribution in [2.75, 3.05) is 26.2 Å². The molecule has 0 amide bonds. The standard InChI is InChI=1S/C14H22BrN3OS/c1-5-18-6-7-19-9(8-18)12-16-11(14(2,3)4)10(15)13(20)17-12/h9H,5-8H2,1-4H3,(H,16,17,20). The van der Waals surface area contributed by atoms with Crippen LogP contribution in [0.25, 0.3) is 0 Å². The van der Waals surface area contributed by atoms with E-state index in [0.29, 0.717) is 4.64 Å². The number of hydrogen-bond acceptors (Lipinski definition) is 4. The molecule has 0 aromatic carbocycles. The number of hydrogen-bond donors (Lipinski definition) is 1. The van der Waals surface area contributed by atoms with E-state index >= 15 is 0 Å². The minimum atomic E-state index is -0.0281. The maximum absolute atomic E-state index is 5.86. The molecule has 1 aromatic heterocycles. The number of nitrogens with zero attached hydrogens (tertiary/aromatic N) is 2. The third-order valence-electron chi connectivity index (χ3n) is 3.54. The zero-order chi connectivity index (χ0) is 14.9. The van der Waals surface area contributed by atoms with Gasteiger partial charge in [0.25, 0.3) is 0 Å². The molecule has 1 aliphatic rings. The van der Waals surface area contributed by atoms with E-state index in [9.17, 15) is 0 Å². The average molecular weight is 360 g/mol. The Morgan fingerprint density at radius 3 is 2.80 bits per heavy atom. The molecule has 2 rings (SSSR count). The summed E-state index contributed by atoms with van der Waals surface area (Å²) in [4.78, 5) is 10.3. The normalized spacial score (nSPS) is 21.1. The van der Waals surface area contributed by atoms with Gasteiger partial charge in [-0.2, -0.15) is 0 Å². The minimum absolute atomic E-state index is 0.0246. The molecular weight excluding hydrogens is 338 g/mol. The second kappa shape index (κ2) is 6.22. The van der Waals surface area contributed by atoms with Crippen LogP contribution >= 0.6 is 28.1 Å². The van der Waals surface area contributed by atoms with Gasteiger partial charge < -0.3 is 9.72 Å². The van der Waals surface area contributed by atoms with E-state index in [1.54, 1.807) is 0 Å². The van der Waals surface area contributed by atoms with Gasteiger partial charge in [0.05, 0.1) is 11.1 Å². The van der Waals surface area contributed by atoms with Gasteiger partial charge in [0.2, 0.25) is 0 Å². The number of morpholine rings is 1. The van der Waals surface area contributed by atoms with Crippen molar-refractivity contribution in [3.8, 4) is 0 Å². The lowest BCUT2D eigenvalue weighted by Crippen LogP contribution is -2.38. The summed E-state index contributed by atoms with van der Waals surface area (Å²) in [5.41, 5.74) is 1.05. The lowest BCUT2D eigenvalue weighted by atomic mass is 9.92. The molecule has 1 unspecified atom stereocenters. The van der Waals surface area contributed by atoms with Crippen molar-refractivity contribution in [2.45, 2.75) is 39.2 Å². The zero-order valence-corrected chi connectivity index (χ0v) is 14.9. The molecule has 0 bridgehead atoms. The van der Waals surface area contributed by atoms with Gasteiger partial charge in [-0.15, -0.1) is 0 Å². The van der Waals surface area contributed by atoms with E-state index in [2.05, 4.69) is 58.5 Å².